The van der Waals surface area contributed by atoms with Crippen LogP contribution in [0.1, 0.15) is 19.6 Å². The number of ether oxygens (including phenoxy) is 1. The van der Waals surface area contributed by atoms with Crippen LogP contribution in [0.25, 0.3) is 0 Å². The zero-order valence-electron chi connectivity index (χ0n) is 10.6. The van der Waals surface area contributed by atoms with Gasteiger partial charge in [-0.05, 0) is 6.92 Å². The number of nitrogens with two attached hydrogens (primary N) is 1. The molecule has 0 spiro atoms. The van der Waals surface area contributed by atoms with Gasteiger partial charge in [0.1, 0.15) is 12.3 Å². The van der Waals surface area contributed by atoms with E-state index in [1.165, 1.54) is 10.8 Å². The highest BCUT2D eigenvalue weighted by atomic mass is 16.5. The van der Waals surface area contributed by atoms with Crippen LogP contribution < -0.4 is 16.7 Å². The van der Waals surface area contributed by atoms with Gasteiger partial charge in [-0.1, -0.05) is 0 Å². The van der Waals surface area contributed by atoms with Gasteiger partial charge in [0.05, 0.1) is 18.4 Å². The van der Waals surface area contributed by atoms with Crippen molar-refractivity contribution < 1.29 is 14.9 Å². The van der Waals surface area contributed by atoms with E-state index in [1.807, 2.05) is 6.92 Å². The Morgan fingerprint density at radius 2 is 2.42 bits per heavy atom. The minimum atomic E-state index is -0.804. The molecule has 1 saturated heterocycles. The monoisotopic (exact) mass is 270 g/mol. The molecule has 5 N–H and O–H groups in total. The number of nitrogen functional groups attached to an aromatic ring is 1. The molecule has 0 unspecified atom stereocenters. The molecule has 106 valence electrons. The van der Waals surface area contributed by atoms with Crippen LogP contribution in [0.4, 0.5) is 11.5 Å². The Hall–Kier alpha value is -1.64. The number of aliphatic hydroxyl groups is 2. The molecule has 3 atom stereocenters. The molecule has 1 aromatic heterocycles. The van der Waals surface area contributed by atoms with E-state index >= 15 is 0 Å². The molecule has 0 bridgehead atoms. The predicted molar refractivity (Wildman–Crippen MR) is 68.7 cm³/mol. The van der Waals surface area contributed by atoms with E-state index in [0.717, 1.165) is 0 Å². The first-order chi connectivity index (χ1) is 9.06. The van der Waals surface area contributed by atoms with E-state index in [1.54, 1.807) is 0 Å². The summed E-state index contributed by atoms with van der Waals surface area (Å²) in [6.07, 6.45) is -0.391. The topological polar surface area (TPSA) is 123 Å². The summed E-state index contributed by atoms with van der Waals surface area (Å²) in [6.45, 7) is 2.24. The number of aromatic nitrogens is 2. The van der Waals surface area contributed by atoms with E-state index in [2.05, 4.69) is 10.3 Å². The van der Waals surface area contributed by atoms with Gasteiger partial charge >= 0.3 is 5.69 Å². The minimum Gasteiger partial charge on any atom is -0.394 e. The van der Waals surface area contributed by atoms with Gasteiger partial charge in [-0.3, -0.25) is 4.57 Å². The molecule has 8 heteroatoms. The summed E-state index contributed by atoms with van der Waals surface area (Å²) in [5.41, 5.74) is 5.63. The van der Waals surface area contributed by atoms with Crippen LogP contribution in [0.3, 0.4) is 0 Å². The molecule has 2 heterocycles. The van der Waals surface area contributed by atoms with Gasteiger partial charge in [-0.25, -0.2) is 4.79 Å². The van der Waals surface area contributed by atoms with Gasteiger partial charge in [-0.2, -0.15) is 4.98 Å². The van der Waals surface area contributed by atoms with Crippen molar-refractivity contribution in [3.8, 4) is 0 Å². The molecular weight excluding hydrogens is 252 g/mol. The fourth-order valence-corrected chi connectivity index (χ4v) is 2.06. The van der Waals surface area contributed by atoms with Crippen LogP contribution in [-0.2, 0) is 4.74 Å². The van der Waals surface area contributed by atoms with Crippen molar-refractivity contribution in [1.82, 2.24) is 9.55 Å². The van der Waals surface area contributed by atoms with Crippen molar-refractivity contribution in [1.29, 1.82) is 0 Å². The molecule has 0 amide bonds. The molecule has 19 heavy (non-hydrogen) atoms. The van der Waals surface area contributed by atoms with Crippen LogP contribution in [0.2, 0.25) is 0 Å². The van der Waals surface area contributed by atoms with Gasteiger partial charge in [0, 0.05) is 19.2 Å². The molecule has 1 aliphatic rings. The molecule has 0 aliphatic carbocycles. The zero-order valence-corrected chi connectivity index (χ0v) is 10.6. The number of hydrogen-bond acceptors (Lipinski definition) is 7. The summed E-state index contributed by atoms with van der Waals surface area (Å²) in [4.78, 5) is 15.5. The first kappa shape index (κ1) is 13.8. The van der Waals surface area contributed by atoms with Gasteiger partial charge in [0.15, 0.2) is 5.82 Å². The van der Waals surface area contributed by atoms with E-state index in [0.29, 0.717) is 12.2 Å². The molecule has 0 radical (unpaired) electrons. The molecule has 8 nitrogen and oxygen atoms in total. The van der Waals surface area contributed by atoms with Crippen LogP contribution in [0.15, 0.2) is 11.0 Å². The van der Waals surface area contributed by atoms with Crippen LogP contribution in [0.5, 0.6) is 0 Å². The average Bonchev–Trinajstić information content (AvgIpc) is 2.74. The molecule has 1 aromatic rings. The van der Waals surface area contributed by atoms with E-state index in [-0.39, 0.29) is 18.8 Å². The fraction of sp³-hybridized carbons (Fsp3) is 0.636. The smallest absolute Gasteiger partial charge is 0.351 e. The standard InChI is InChI=1S/C11H18N4O4/c1-2-13-6-4-15(11(18)14-10(6)12)9-3-7(17)8(5-16)19-9/h4,7-9,13,16-17H,2-3,5H2,1H3,(H2,12,14,18)/t7-,8+,9+/m0/s1. The van der Waals surface area contributed by atoms with E-state index < -0.39 is 24.1 Å². The lowest BCUT2D eigenvalue weighted by molar-refractivity contribution is -0.0458. The van der Waals surface area contributed by atoms with Crippen LogP contribution in [0, 0.1) is 0 Å². The number of hydrogen-bond donors (Lipinski definition) is 4. The highest BCUT2D eigenvalue weighted by molar-refractivity contribution is 5.59. The van der Waals surface area contributed by atoms with Crippen molar-refractivity contribution in [3.05, 3.63) is 16.7 Å². The molecule has 0 saturated carbocycles. The molecule has 1 aliphatic heterocycles. The Balaban J connectivity index is 2.30. The lowest BCUT2D eigenvalue weighted by Gasteiger charge is -2.16. The molecule has 1 fully saturated rings. The normalized spacial score (nSPS) is 26.6. The van der Waals surface area contributed by atoms with Crippen molar-refractivity contribution in [2.75, 3.05) is 24.2 Å². The van der Waals surface area contributed by atoms with E-state index in [4.69, 9.17) is 15.6 Å². The van der Waals surface area contributed by atoms with Gasteiger partial charge in [0.2, 0.25) is 0 Å². The second kappa shape index (κ2) is 5.55. The molecule has 0 aromatic carbocycles. The van der Waals surface area contributed by atoms with Crippen molar-refractivity contribution in [2.45, 2.75) is 31.8 Å². The summed E-state index contributed by atoms with van der Waals surface area (Å²) < 4.78 is 6.69. The Morgan fingerprint density at radius 3 is 3.00 bits per heavy atom. The molecule has 2 rings (SSSR count). The second-order valence-electron chi connectivity index (χ2n) is 4.37. The van der Waals surface area contributed by atoms with Crippen LogP contribution >= 0.6 is 0 Å². The maximum Gasteiger partial charge on any atom is 0.351 e. The fourth-order valence-electron chi connectivity index (χ4n) is 2.06. The molecular formula is C11H18N4O4. The average molecular weight is 270 g/mol. The first-order valence-electron chi connectivity index (χ1n) is 6.13. The maximum absolute atomic E-state index is 11.8. The Morgan fingerprint density at radius 1 is 1.68 bits per heavy atom. The first-order valence-corrected chi connectivity index (χ1v) is 6.13. The number of nitrogens with zero attached hydrogens (tertiary/aromatic N) is 2. The predicted octanol–water partition coefficient (Wildman–Crippen LogP) is -1.10. The van der Waals surface area contributed by atoms with Crippen molar-refractivity contribution in [3.63, 3.8) is 0 Å². The lowest BCUT2D eigenvalue weighted by atomic mass is 10.2. The van der Waals surface area contributed by atoms with Gasteiger partial charge in [-0.15, -0.1) is 0 Å². The largest absolute Gasteiger partial charge is 0.394 e. The lowest BCUT2D eigenvalue weighted by Crippen LogP contribution is -2.29. The number of nitrogens with one attached hydrogen (secondary N) is 1. The number of rotatable bonds is 4. The highest BCUT2D eigenvalue weighted by Gasteiger charge is 2.35. The number of anilines is 2. The Bertz CT molecular complexity index is 504. The summed E-state index contributed by atoms with van der Waals surface area (Å²) in [6, 6.07) is 0. The quantitative estimate of drug-likeness (QED) is 0.547. The Kier molecular flexibility index (Phi) is 4.03. The van der Waals surface area contributed by atoms with E-state index in [9.17, 15) is 9.90 Å². The van der Waals surface area contributed by atoms with Crippen molar-refractivity contribution in [2.24, 2.45) is 0 Å². The minimum absolute atomic E-state index is 0.125. The summed E-state index contributed by atoms with van der Waals surface area (Å²) in [7, 11) is 0. The summed E-state index contributed by atoms with van der Waals surface area (Å²) >= 11 is 0. The third-order valence-electron chi connectivity index (χ3n) is 3.04. The Labute approximate surface area is 109 Å². The van der Waals surface area contributed by atoms with Gasteiger partial charge < -0.3 is 26.0 Å². The van der Waals surface area contributed by atoms with Crippen molar-refractivity contribution >= 4 is 11.5 Å². The van der Waals surface area contributed by atoms with Gasteiger partial charge in [0.25, 0.3) is 0 Å². The maximum atomic E-state index is 11.8. The van der Waals surface area contributed by atoms with Crippen LogP contribution in [-0.4, -0.2) is 45.1 Å². The third kappa shape index (κ3) is 2.70. The summed E-state index contributed by atoms with van der Waals surface area (Å²) in [5.74, 6) is 0.125. The number of aliphatic hydroxyl groups excluding tert-OH is 2. The SMILES string of the molecule is CCNc1cn([C@H]2C[C@H](O)[C@@H](CO)O2)c(=O)nc1N. The second-order valence-corrected chi connectivity index (χ2v) is 4.37. The third-order valence-corrected chi connectivity index (χ3v) is 3.04. The highest BCUT2D eigenvalue weighted by Crippen LogP contribution is 2.28. The zero-order chi connectivity index (χ0) is 14.0. The summed E-state index contributed by atoms with van der Waals surface area (Å²) in [5, 5.41) is 21.7.